The Morgan fingerprint density at radius 2 is 2.29 bits per heavy atom. The van der Waals surface area contributed by atoms with Gasteiger partial charge in [-0.15, -0.1) is 0 Å². The van der Waals surface area contributed by atoms with Gasteiger partial charge in [0.25, 0.3) is 0 Å². The number of hydrogen-bond donors (Lipinski definition) is 1. The van der Waals surface area contributed by atoms with Crippen molar-refractivity contribution in [3.05, 3.63) is 0 Å². The predicted octanol–water partition coefficient (Wildman–Crippen LogP) is 0.776. The molecule has 0 amide bonds. The summed E-state index contributed by atoms with van der Waals surface area (Å²) in [7, 11) is -1.32. The molecule has 0 spiro atoms. The molecular formula is C9H16O4S. The number of ether oxygens (including phenoxy) is 1. The molecule has 4 unspecified atom stereocenters. The van der Waals surface area contributed by atoms with E-state index in [4.69, 9.17) is 9.84 Å². The highest BCUT2D eigenvalue weighted by Crippen LogP contribution is 2.20. The van der Waals surface area contributed by atoms with Crippen molar-refractivity contribution in [2.45, 2.75) is 44.1 Å². The normalized spacial score (nSPS) is 31.3. The van der Waals surface area contributed by atoms with Crippen LogP contribution in [-0.2, 0) is 20.3 Å². The fourth-order valence-electron chi connectivity index (χ4n) is 1.45. The number of carbonyl (C=O) groups is 1. The number of carboxylic acids is 1. The Morgan fingerprint density at radius 3 is 2.71 bits per heavy atom. The van der Waals surface area contributed by atoms with E-state index in [1.165, 1.54) is 6.92 Å². The smallest absolute Gasteiger partial charge is 0.318 e. The first-order valence-electron chi connectivity index (χ1n) is 4.76. The van der Waals surface area contributed by atoms with Gasteiger partial charge in [0, 0.05) is 10.8 Å². The van der Waals surface area contributed by atoms with E-state index in [-0.39, 0.29) is 12.2 Å². The minimum Gasteiger partial charge on any atom is -0.480 e. The molecule has 1 aliphatic heterocycles. The maximum atomic E-state index is 11.5. The van der Waals surface area contributed by atoms with Crippen LogP contribution >= 0.6 is 0 Å². The molecule has 0 aromatic rings. The van der Waals surface area contributed by atoms with Gasteiger partial charge in [0.15, 0.2) is 0 Å². The van der Waals surface area contributed by atoms with Gasteiger partial charge in [-0.05, 0) is 26.7 Å². The fourth-order valence-corrected chi connectivity index (χ4v) is 2.57. The highest BCUT2D eigenvalue weighted by atomic mass is 32.2. The summed E-state index contributed by atoms with van der Waals surface area (Å²) < 4.78 is 17.0. The molecule has 14 heavy (non-hydrogen) atoms. The molecule has 82 valence electrons. The first-order chi connectivity index (χ1) is 6.50. The number of hydrogen-bond acceptors (Lipinski definition) is 3. The second kappa shape index (κ2) is 4.89. The van der Waals surface area contributed by atoms with E-state index >= 15 is 0 Å². The van der Waals surface area contributed by atoms with Crippen molar-refractivity contribution in [3.63, 3.8) is 0 Å². The molecule has 0 bridgehead atoms. The van der Waals surface area contributed by atoms with Crippen LogP contribution in [0.4, 0.5) is 0 Å². The van der Waals surface area contributed by atoms with E-state index < -0.39 is 22.0 Å². The van der Waals surface area contributed by atoms with Crippen LogP contribution in [0.1, 0.15) is 26.7 Å². The van der Waals surface area contributed by atoms with Crippen molar-refractivity contribution >= 4 is 16.8 Å². The summed E-state index contributed by atoms with van der Waals surface area (Å²) in [5.41, 5.74) is 0. The van der Waals surface area contributed by atoms with Crippen molar-refractivity contribution in [3.8, 4) is 0 Å². The van der Waals surface area contributed by atoms with E-state index in [2.05, 4.69) is 0 Å². The zero-order chi connectivity index (χ0) is 10.7. The van der Waals surface area contributed by atoms with Gasteiger partial charge in [0.1, 0.15) is 5.25 Å². The Hall–Kier alpha value is -0.420. The van der Waals surface area contributed by atoms with Gasteiger partial charge in [0.2, 0.25) is 0 Å². The second-order valence-electron chi connectivity index (χ2n) is 3.67. The van der Waals surface area contributed by atoms with Crippen LogP contribution in [0.25, 0.3) is 0 Å². The SMILES string of the molecule is CC1CCC(CS(=O)C(C)C(=O)O)O1. The molecule has 0 aromatic heterocycles. The summed E-state index contributed by atoms with van der Waals surface area (Å²) in [6.07, 6.45) is 2.06. The van der Waals surface area contributed by atoms with E-state index in [0.717, 1.165) is 12.8 Å². The van der Waals surface area contributed by atoms with Crippen molar-refractivity contribution in [1.82, 2.24) is 0 Å². The number of carboxylic acid groups (broad SMARTS) is 1. The summed E-state index contributed by atoms with van der Waals surface area (Å²) in [6, 6.07) is 0. The van der Waals surface area contributed by atoms with Crippen LogP contribution < -0.4 is 0 Å². The average molecular weight is 220 g/mol. The molecule has 1 rings (SSSR count). The lowest BCUT2D eigenvalue weighted by Gasteiger charge is -2.12. The number of rotatable bonds is 4. The quantitative estimate of drug-likeness (QED) is 0.760. The molecule has 5 heteroatoms. The minimum absolute atomic E-state index is 0.0207. The highest BCUT2D eigenvalue weighted by molar-refractivity contribution is 7.86. The predicted molar refractivity (Wildman–Crippen MR) is 53.7 cm³/mol. The molecule has 0 aliphatic carbocycles. The van der Waals surface area contributed by atoms with E-state index in [1.54, 1.807) is 0 Å². The molecule has 4 atom stereocenters. The Morgan fingerprint density at radius 1 is 1.64 bits per heavy atom. The third-order valence-electron chi connectivity index (χ3n) is 2.41. The standard InChI is InChI=1S/C9H16O4S/c1-6-3-4-8(13-6)5-14(12)7(2)9(10)11/h6-8H,3-5H2,1-2H3,(H,10,11). The lowest BCUT2D eigenvalue weighted by Crippen LogP contribution is -2.28. The zero-order valence-electron chi connectivity index (χ0n) is 8.43. The minimum atomic E-state index is -1.32. The molecule has 0 aromatic carbocycles. The Balaban J connectivity index is 2.37. The summed E-state index contributed by atoms with van der Waals surface area (Å²) >= 11 is 0. The monoisotopic (exact) mass is 220 g/mol. The largest absolute Gasteiger partial charge is 0.480 e. The van der Waals surface area contributed by atoms with E-state index in [1.807, 2.05) is 6.92 Å². The third-order valence-corrected chi connectivity index (χ3v) is 4.10. The topological polar surface area (TPSA) is 63.6 Å². The molecule has 1 aliphatic rings. The van der Waals surface area contributed by atoms with Crippen molar-refractivity contribution in [1.29, 1.82) is 0 Å². The molecule has 1 N–H and O–H groups in total. The van der Waals surface area contributed by atoms with Crippen LogP contribution in [0, 0.1) is 0 Å². The molecule has 1 heterocycles. The summed E-state index contributed by atoms with van der Waals surface area (Å²) in [6.45, 7) is 3.44. The average Bonchev–Trinajstić information content (AvgIpc) is 2.49. The third kappa shape index (κ3) is 3.06. The molecule has 4 nitrogen and oxygen atoms in total. The summed E-state index contributed by atoms with van der Waals surface area (Å²) in [5.74, 6) is -0.660. The maximum Gasteiger partial charge on any atom is 0.318 e. The Labute approximate surface area is 86.1 Å². The van der Waals surface area contributed by atoms with Gasteiger partial charge in [-0.3, -0.25) is 9.00 Å². The van der Waals surface area contributed by atoms with Crippen LogP contribution in [0.3, 0.4) is 0 Å². The lowest BCUT2D eigenvalue weighted by atomic mass is 10.2. The van der Waals surface area contributed by atoms with Crippen molar-refractivity contribution < 1.29 is 18.8 Å². The molecular weight excluding hydrogens is 204 g/mol. The zero-order valence-corrected chi connectivity index (χ0v) is 9.25. The first kappa shape index (κ1) is 11.7. The highest BCUT2D eigenvalue weighted by Gasteiger charge is 2.27. The fraction of sp³-hybridized carbons (Fsp3) is 0.889. The first-order valence-corrected chi connectivity index (χ1v) is 6.14. The van der Waals surface area contributed by atoms with E-state index in [0.29, 0.717) is 5.75 Å². The van der Waals surface area contributed by atoms with Gasteiger partial charge >= 0.3 is 5.97 Å². The molecule has 0 saturated carbocycles. The van der Waals surface area contributed by atoms with Crippen LogP contribution in [-0.4, -0.2) is 38.5 Å². The van der Waals surface area contributed by atoms with Crippen molar-refractivity contribution in [2.24, 2.45) is 0 Å². The van der Waals surface area contributed by atoms with Gasteiger partial charge in [-0.1, -0.05) is 0 Å². The van der Waals surface area contributed by atoms with Gasteiger partial charge in [-0.25, -0.2) is 0 Å². The number of aliphatic carboxylic acids is 1. The van der Waals surface area contributed by atoms with Crippen molar-refractivity contribution in [2.75, 3.05) is 5.75 Å². The molecule has 1 fully saturated rings. The Kier molecular flexibility index (Phi) is 4.07. The van der Waals surface area contributed by atoms with Crippen LogP contribution in [0.5, 0.6) is 0 Å². The lowest BCUT2D eigenvalue weighted by molar-refractivity contribution is -0.136. The molecule has 0 radical (unpaired) electrons. The summed E-state index contributed by atoms with van der Waals surface area (Å²) in [4.78, 5) is 10.5. The second-order valence-corrected chi connectivity index (χ2v) is 5.48. The van der Waals surface area contributed by atoms with Gasteiger partial charge in [-0.2, -0.15) is 0 Å². The van der Waals surface area contributed by atoms with Crippen LogP contribution in [0.2, 0.25) is 0 Å². The van der Waals surface area contributed by atoms with Gasteiger partial charge in [0.05, 0.1) is 18.0 Å². The molecule has 1 saturated heterocycles. The van der Waals surface area contributed by atoms with Crippen LogP contribution in [0.15, 0.2) is 0 Å². The Bertz CT molecular complexity index is 241. The van der Waals surface area contributed by atoms with Gasteiger partial charge < -0.3 is 9.84 Å². The van der Waals surface area contributed by atoms with E-state index in [9.17, 15) is 9.00 Å². The maximum absolute atomic E-state index is 11.5. The summed E-state index contributed by atoms with van der Waals surface area (Å²) in [5, 5.41) is 7.85.